The molecule has 136 valence electrons. The highest BCUT2D eigenvalue weighted by Gasteiger charge is 2.22. The van der Waals surface area contributed by atoms with Crippen LogP contribution in [0.4, 0.5) is 0 Å². The van der Waals surface area contributed by atoms with Gasteiger partial charge in [-0.05, 0) is 51.6 Å². The molecule has 0 saturated carbocycles. The largest absolute Gasteiger partial charge is 0.454 e. The van der Waals surface area contributed by atoms with Gasteiger partial charge in [0.25, 0.3) is 0 Å². The van der Waals surface area contributed by atoms with E-state index in [1.165, 1.54) is 6.42 Å². The molecule has 2 atom stereocenters. The summed E-state index contributed by atoms with van der Waals surface area (Å²) in [6, 6.07) is 4.73. The van der Waals surface area contributed by atoms with Crippen LogP contribution in [0.2, 0.25) is 0 Å². The zero-order chi connectivity index (χ0) is 17.8. The maximum atomic E-state index is 12.5. The van der Waals surface area contributed by atoms with Gasteiger partial charge in [-0.3, -0.25) is 14.9 Å². The Kier molecular flexibility index (Phi) is 5.55. The number of rotatable bonds is 8. The number of nitrogens with one attached hydrogen (secondary N) is 2. The third-order valence-corrected chi connectivity index (χ3v) is 4.53. The SMILES string of the molecule is CC(NC(=O)CCN1CCC1)NC(C)C(=O)c1ccc2c(c1)OCO2. The summed E-state index contributed by atoms with van der Waals surface area (Å²) in [5.74, 6) is 1.18. The van der Waals surface area contributed by atoms with E-state index in [4.69, 9.17) is 9.47 Å². The summed E-state index contributed by atoms with van der Waals surface area (Å²) in [6.45, 7) is 6.77. The molecule has 0 bridgehead atoms. The molecule has 3 rings (SSSR count). The van der Waals surface area contributed by atoms with Crippen LogP contribution in [0.5, 0.6) is 11.5 Å². The number of ether oxygens (including phenoxy) is 2. The maximum Gasteiger partial charge on any atom is 0.231 e. The van der Waals surface area contributed by atoms with E-state index >= 15 is 0 Å². The maximum absolute atomic E-state index is 12.5. The number of nitrogens with zero attached hydrogens (tertiary/aromatic N) is 1. The Labute approximate surface area is 147 Å². The molecule has 0 aliphatic carbocycles. The highest BCUT2D eigenvalue weighted by Crippen LogP contribution is 2.32. The Balaban J connectivity index is 1.46. The topological polar surface area (TPSA) is 79.9 Å². The van der Waals surface area contributed by atoms with Crippen LogP contribution in [-0.4, -0.2) is 55.2 Å². The first-order valence-corrected chi connectivity index (χ1v) is 8.74. The first kappa shape index (κ1) is 17.7. The summed E-state index contributed by atoms with van der Waals surface area (Å²) >= 11 is 0. The van der Waals surface area contributed by atoms with E-state index in [1.807, 2.05) is 6.92 Å². The van der Waals surface area contributed by atoms with Gasteiger partial charge < -0.3 is 19.7 Å². The quantitative estimate of drug-likeness (QED) is 0.542. The lowest BCUT2D eigenvalue weighted by Crippen LogP contribution is -2.50. The Bertz CT molecular complexity index is 645. The fourth-order valence-electron chi connectivity index (χ4n) is 2.97. The standard InChI is InChI=1S/C18H25N3O4/c1-12(18(23)14-4-5-15-16(10-14)25-11-24-15)19-13(2)20-17(22)6-9-21-7-3-8-21/h4-5,10,12-13,19H,3,6-9,11H2,1-2H3,(H,20,22). The minimum atomic E-state index is -0.425. The van der Waals surface area contributed by atoms with Gasteiger partial charge >= 0.3 is 0 Å². The molecule has 2 N–H and O–H groups in total. The first-order chi connectivity index (χ1) is 12.0. The van der Waals surface area contributed by atoms with Gasteiger partial charge in [0, 0.05) is 18.5 Å². The highest BCUT2D eigenvalue weighted by molar-refractivity contribution is 6.00. The number of carbonyl (C=O) groups excluding carboxylic acids is 2. The molecule has 1 aromatic carbocycles. The van der Waals surface area contributed by atoms with Crippen molar-refractivity contribution in [2.45, 2.75) is 38.9 Å². The van der Waals surface area contributed by atoms with E-state index in [0.717, 1.165) is 19.6 Å². The Morgan fingerprint density at radius 3 is 2.68 bits per heavy atom. The molecule has 1 amide bonds. The Hall–Kier alpha value is -2.12. The van der Waals surface area contributed by atoms with Crippen molar-refractivity contribution in [2.75, 3.05) is 26.4 Å². The van der Waals surface area contributed by atoms with Crippen molar-refractivity contribution in [3.8, 4) is 11.5 Å². The van der Waals surface area contributed by atoms with Crippen LogP contribution in [0.15, 0.2) is 18.2 Å². The Morgan fingerprint density at radius 1 is 1.20 bits per heavy atom. The number of ketones is 1. The zero-order valence-electron chi connectivity index (χ0n) is 14.7. The van der Waals surface area contributed by atoms with Gasteiger partial charge in [0.15, 0.2) is 17.3 Å². The van der Waals surface area contributed by atoms with Crippen molar-refractivity contribution < 1.29 is 19.1 Å². The molecule has 2 unspecified atom stereocenters. The fraction of sp³-hybridized carbons (Fsp3) is 0.556. The van der Waals surface area contributed by atoms with Crippen LogP contribution in [-0.2, 0) is 4.79 Å². The van der Waals surface area contributed by atoms with E-state index in [2.05, 4.69) is 15.5 Å². The molecule has 1 fully saturated rings. The van der Waals surface area contributed by atoms with Gasteiger partial charge in [0.05, 0.1) is 12.2 Å². The third-order valence-electron chi connectivity index (χ3n) is 4.53. The summed E-state index contributed by atoms with van der Waals surface area (Å²) in [6.07, 6.45) is 1.42. The number of Topliss-reactive ketones (excluding diaryl/α,β-unsaturated/α-hetero) is 1. The molecule has 7 heteroatoms. The minimum Gasteiger partial charge on any atom is -0.454 e. The Morgan fingerprint density at radius 2 is 1.96 bits per heavy atom. The number of hydrogen-bond acceptors (Lipinski definition) is 6. The first-order valence-electron chi connectivity index (χ1n) is 8.74. The predicted octanol–water partition coefficient (Wildman–Crippen LogP) is 1.13. The summed E-state index contributed by atoms with van der Waals surface area (Å²) in [4.78, 5) is 26.8. The predicted molar refractivity (Wildman–Crippen MR) is 92.8 cm³/mol. The van der Waals surface area contributed by atoms with Crippen molar-refractivity contribution in [3.63, 3.8) is 0 Å². The number of carbonyl (C=O) groups is 2. The molecule has 7 nitrogen and oxygen atoms in total. The molecule has 2 aliphatic rings. The summed E-state index contributed by atoms with van der Waals surface area (Å²) in [5, 5.41) is 6.01. The van der Waals surface area contributed by atoms with Crippen LogP contribution < -0.4 is 20.1 Å². The molecule has 0 aromatic heterocycles. The molecule has 1 saturated heterocycles. The molecular formula is C18H25N3O4. The second kappa shape index (κ2) is 7.84. The van der Waals surface area contributed by atoms with Crippen molar-refractivity contribution in [1.82, 2.24) is 15.5 Å². The second-order valence-electron chi connectivity index (χ2n) is 6.56. The number of hydrogen-bond donors (Lipinski definition) is 2. The molecule has 2 aliphatic heterocycles. The van der Waals surface area contributed by atoms with Gasteiger partial charge in [-0.1, -0.05) is 0 Å². The van der Waals surface area contributed by atoms with E-state index in [0.29, 0.717) is 23.5 Å². The summed E-state index contributed by atoms with van der Waals surface area (Å²) in [7, 11) is 0. The lowest BCUT2D eigenvalue weighted by Gasteiger charge is -2.30. The molecule has 0 spiro atoms. The van der Waals surface area contributed by atoms with Crippen molar-refractivity contribution >= 4 is 11.7 Å². The highest BCUT2D eigenvalue weighted by atomic mass is 16.7. The third kappa shape index (κ3) is 4.49. The van der Waals surface area contributed by atoms with Gasteiger partial charge in [-0.15, -0.1) is 0 Å². The van der Waals surface area contributed by atoms with Gasteiger partial charge in [0.1, 0.15) is 0 Å². The summed E-state index contributed by atoms with van der Waals surface area (Å²) in [5.41, 5.74) is 0.556. The zero-order valence-corrected chi connectivity index (χ0v) is 14.7. The molecular weight excluding hydrogens is 322 g/mol. The van der Waals surface area contributed by atoms with Crippen molar-refractivity contribution in [3.05, 3.63) is 23.8 Å². The van der Waals surface area contributed by atoms with Gasteiger partial charge in [-0.25, -0.2) is 0 Å². The molecule has 2 heterocycles. The smallest absolute Gasteiger partial charge is 0.231 e. The van der Waals surface area contributed by atoms with Gasteiger partial charge in [0.2, 0.25) is 12.7 Å². The van der Waals surface area contributed by atoms with Crippen molar-refractivity contribution in [1.29, 1.82) is 0 Å². The normalized spacial score (nSPS) is 18.3. The lowest BCUT2D eigenvalue weighted by molar-refractivity contribution is -0.122. The second-order valence-corrected chi connectivity index (χ2v) is 6.56. The van der Waals surface area contributed by atoms with Crippen LogP contribution >= 0.6 is 0 Å². The van der Waals surface area contributed by atoms with E-state index in [1.54, 1.807) is 25.1 Å². The molecule has 0 radical (unpaired) electrons. The van der Waals surface area contributed by atoms with Crippen molar-refractivity contribution in [2.24, 2.45) is 0 Å². The number of benzene rings is 1. The monoisotopic (exact) mass is 347 g/mol. The number of amides is 1. The van der Waals surface area contributed by atoms with Crippen LogP contribution in [0.1, 0.15) is 37.0 Å². The fourth-order valence-corrected chi connectivity index (χ4v) is 2.97. The number of fused-ring (bicyclic) bond motifs is 1. The molecule has 25 heavy (non-hydrogen) atoms. The average molecular weight is 347 g/mol. The van der Waals surface area contributed by atoms with E-state index in [-0.39, 0.29) is 24.6 Å². The van der Waals surface area contributed by atoms with Crippen LogP contribution in [0.25, 0.3) is 0 Å². The minimum absolute atomic E-state index is 0.00497. The number of likely N-dealkylation sites (tertiary alicyclic amines) is 1. The average Bonchev–Trinajstić information content (AvgIpc) is 2.99. The molecule has 1 aromatic rings. The summed E-state index contributed by atoms with van der Waals surface area (Å²) < 4.78 is 10.6. The van der Waals surface area contributed by atoms with Crippen LogP contribution in [0.3, 0.4) is 0 Å². The van der Waals surface area contributed by atoms with Crippen LogP contribution in [0, 0.1) is 0 Å². The lowest BCUT2D eigenvalue weighted by atomic mass is 10.0. The van der Waals surface area contributed by atoms with E-state index in [9.17, 15) is 9.59 Å². The van der Waals surface area contributed by atoms with E-state index < -0.39 is 6.04 Å². The van der Waals surface area contributed by atoms with Gasteiger partial charge in [-0.2, -0.15) is 0 Å².